The van der Waals surface area contributed by atoms with E-state index >= 15 is 0 Å². The molecular weight excluding hydrogens is 244 g/mol. The van der Waals surface area contributed by atoms with Crippen molar-refractivity contribution in [3.05, 3.63) is 11.9 Å². The molecule has 0 unspecified atom stereocenters. The van der Waals surface area contributed by atoms with Gasteiger partial charge in [0.15, 0.2) is 0 Å². The molecule has 1 aromatic heterocycles. The highest BCUT2D eigenvalue weighted by molar-refractivity contribution is 9.09. The molecule has 0 aliphatic carbocycles. The topological polar surface area (TPSA) is 34.0 Å². The van der Waals surface area contributed by atoms with Gasteiger partial charge in [-0.15, -0.1) is 5.10 Å². The quantitative estimate of drug-likeness (QED) is 0.721. The predicted molar refractivity (Wildman–Crippen MR) is 60.7 cm³/mol. The van der Waals surface area contributed by atoms with Gasteiger partial charge in [-0.25, -0.2) is 0 Å². The number of alkyl halides is 1. The van der Waals surface area contributed by atoms with Crippen molar-refractivity contribution in [1.29, 1.82) is 0 Å². The lowest BCUT2D eigenvalue weighted by Gasteiger charge is -2.07. The molecule has 5 heteroatoms. The Labute approximate surface area is 93.4 Å². The summed E-state index contributed by atoms with van der Waals surface area (Å²) in [6, 6.07) is 0. The van der Waals surface area contributed by atoms with Gasteiger partial charge < -0.3 is 4.90 Å². The summed E-state index contributed by atoms with van der Waals surface area (Å²) in [5.41, 5.74) is 1.06. The van der Waals surface area contributed by atoms with Crippen LogP contribution in [0.4, 0.5) is 0 Å². The number of hydrogen-bond acceptors (Lipinski definition) is 3. The average Bonchev–Trinajstić information content (AvgIpc) is 2.53. The Hall–Kier alpha value is -0.420. The second-order valence-corrected chi connectivity index (χ2v) is 4.36. The molecular formula is C9H17BrN4. The number of aromatic nitrogens is 3. The van der Waals surface area contributed by atoms with Crippen LogP contribution in [0.25, 0.3) is 0 Å². The fraction of sp³-hybridized carbons (Fsp3) is 0.778. The Morgan fingerprint density at radius 1 is 1.50 bits per heavy atom. The van der Waals surface area contributed by atoms with E-state index in [1.165, 1.54) is 0 Å². The molecule has 0 aliphatic rings. The normalized spacial score (nSPS) is 11.1. The van der Waals surface area contributed by atoms with Crippen LogP contribution in [0.15, 0.2) is 6.20 Å². The van der Waals surface area contributed by atoms with Gasteiger partial charge in [0.2, 0.25) is 0 Å². The molecule has 1 heterocycles. The van der Waals surface area contributed by atoms with Crippen molar-refractivity contribution in [1.82, 2.24) is 19.9 Å². The molecule has 0 atom stereocenters. The molecule has 0 bridgehead atoms. The SMILES string of the molecule is CN(C)CCCn1cc(CCBr)nn1. The summed E-state index contributed by atoms with van der Waals surface area (Å²) in [5, 5.41) is 9.08. The zero-order valence-electron chi connectivity index (χ0n) is 8.78. The smallest absolute Gasteiger partial charge is 0.0835 e. The van der Waals surface area contributed by atoms with E-state index in [-0.39, 0.29) is 0 Å². The van der Waals surface area contributed by atoms with Gasteiger partial charge in [-0.05, 0) is 27.1 Å². The Morgan fingerprint density at radius 3 is 2.93 bits per heavy atom. The Bertz CT molecular complexity index is 259. The summed E-state index contributed by atoms with van der Waals surface area (Å²) >= 11 is 3.38. The molecule has 0 aromatic carbocycles. The second kappa shape index (κ2) is 6.14. The van der Waals surface area contributed by atoms with Gasteiger partial charge in [0, 0.05) is 24.5 Å². The first-order chi connectivity index (χ1) is 6.72. The minimum absolute atomic E-state index is 0.948. The maximum Gasteiger partial charge on any atom is 0.0835 e. The molecule has 0 amide bonds. The van der Waals surface area contributed by atoms with Crippen molar-refractivity contribution in [3.8, 4) is 0 Å². The second-order valence-electron chi connectivity index (χ2n) is 3.57. The Balaban J connectivity index is 2.28. The summed E-state index contributed by atoms with van der Waals surface area (Å²) in [5.74, 6) is 0. The molecule has 0 N–H and O–H groups in total. The molecule has 4 nitrogen and oxygen atoms in total. The summed E-state index contributed by atoms with van der Waals surface area (Å²) < 4.78 is 1.92. The third-order valence-corrected chi connectivity index (χ3v) is 2.33. The van der Waals surface area contributed by atoms with Gasteiger partial charge in [-0.3, -0.25) is 4.68 Å². The Kier molecular flexibility index (Phi) is 5.11. The van der Waals surface area contributed by atoms with Gasteiger partial charge in [0.05, 0.1) is 5.69 Å². The molecule has 0 saturated carbocycles. The van der Waals surface area contributed by atoms with Gasteiger partial charge in [-0.1, -0.05) is 21.1 Å². The lowest BCUT2D eigenvalue weighted by atomic mass is 10.4. The van der Waals surface area contributed by atoms with Crippen LogP contribution in [0.2, 0.25) is 0 Å². The number of hydrogen-bond donors (Lipinski definition) is 0. The summed E-state index contributed by atoms with van der Waals surface area (Å²) in [6.07, 6.45) is 4.09. The van der Waals surface area contributed by atoms with Crippen molar-refractivity contribution >= 4 is 15.9 Å². The minimum atomic E-state index is 0.948. The van der Waals surface area contributed by atoms with Gasteiger partial charge in [0.25, 0.3) is 0 Å². The van der Waals surface area contributed by atoms with E-state index in [2.05, 4.69) is 45.2 Å². The van der Waals surface area contributed by atoms with E-state index in [1.807, 2.05) is 10.9 Å². The molecule has 0 fully saturated rings. The number of aryl methyl sites for hydroxylation is 2. The van der Waals surface area contributed by atoms with Gasteiger partial charge >= 0.3 is 0 Å². The molecule has 14 heavy (non-hydrogen) atoms. The maximum atomic E-state index is 4.07. The number of nitrogens with zero attached hydrogens (tertiary/aromatic N) is 4. The summed E-state index contributed by atoms with van der Waals surface area (Å²) in [4.78, 5) is 2.18. The van der Waals surface area contributed by atoms with E-state index in [9.17, 15) is 0 Å². The van der Waals surface area contributed by atoms with Crippen molar-refractivity contribution in [2.45, 2.75) is 19.4 Å². The van der Waals surface area contributed by atoms with E-state index in [0.29, 0.717) is 0 Å². The number of rotatable bonds is 6. The van der Waals surface area contributed by atoms with Gasteiger partial charge in [0.1, 0.15) is 0 Å². The molecule has 1 rings (SSSR count). The van der Waals surface area contributed by atoms with Crippen molar-refractivity contribution in [3.63, 3.8) is 0 Å². The Morgan fingerprint density at radius 2 is 2.29 bits per heavy atom. The van der Waals surface area contributed by atoms with Crippen molar-refractivity contribution in [2.24, 2.45) is 0 Å². The van der Waals surface area contributed by atoms with Crippen LogP contribution >= 0.6 is 15.9 Å². The first kappa shape index (κ1) is 11.7. The van der Waals surface area contributed by atoms with E-state index in [4.69, 9.17) is 0 Å². The van der Waals surface area contributed by atoms with Crippen LogP contribution < -0.4 is 0 Å². The zero-order valence-corrected chi connectivity index (χ0v) is 10.4. The molecule has 80 valence electrons. The van der Waals surface area contributed by atoms with E-state index in [0.717, 1.165) is 37.0 Å². The van der Waals surface area contributed by atoms with Crippen LogP contribution in [-0.2, 0) is 13.0 Å². The highest BCUT2D eigenvalue weighted by Gasteiger charge is 1.99. The highest BCUT2D eigenvalue weighted by Crippen LogP contribution is 1.98. The number of halogens is 1. The van der Waals surface area contributed by atoms with Crippen LogP contribution in [0.3, 0.4) is 0 Å². The summed E-state index contributed by atoms with van der Waals surface area (Å²) in [6.45, 7) is 2.04. The van der Waals surface area contributed by atoms with Crippen LogP contribution in [0, 0.1) is 0 Å². The molecule has 0 spiro atoms. The van der Waals surface area contributed by atoms with E-state index < -0.39 is 0 Å². The molecule has 0 saturated heterocycles. The zero-order chi connectivity index (χ0) is 10.4. The first-order valence-corrected chi connectivity index (χ1v) is 5.94. The standard InChI is InChI=1S/C9H17BrN4/c1-13(2)6-3-7-14-8-9(4-5-10)11-12-14/h8H,3-7H2,1-2H3. The van der Waals surface area contributed by atoms with Crippen LogP contribution in [0.1, 0.15) is 12.1 Å². The maximum absolute atomic E-state index is 4.07. The van der Waals surface area contributed by atoms with Crippen molar-refractivity contribution in [2.75, 3.05) is 26.0 Å². The monoisotopic (exact) mass is 260 g/mol. The molecule has 0 radical (unpaired) electrons. The lowest BCUT2D eigenvalue weighted by molar-refractivity contribution is 0.379. The van der Waals surface area contributed by atoms with Gasteiger partial charge in [-0.2, -0.15) is 0 Å². The average molecular weight is 261 g/mol. The highest BCUT2D eigenvalue weighted by atomic mass is 79.9. The third-order valence-electron chi connectivity index (χ3n) is 1.93. The summed E-state index contributed by atoms with van der Waals surface area (Å²) in [7, 11) is 4.16. The predicted octanol–water partition coefficient (Wildman–Crippen LogP) is 1.17. The fourth-order valence-electron chi connectivity index (χ4n) is 1.21. The van der Waals surface area contributed by atoms with Crippen molar-refractivity contribution < 1.29 is 0 Å². The fourth-order valence-corrected chi connectivity index (χ4v) is 1.61. The molecule has 1 aromatic rings. The van der Waals surface area contributed by atoms with E-state index in [1.54, 1.807) is 0 Å². The molecule has 0 aliphatic heterocycles. The van der Waals surface area contributed by atoms with Crippen LogP contribution in [-0.4, -0.2) is 45.9 Å². The first-order valence-electron chi connectivity index (χ1n) is 4.82. The van der Waals surface area contributed by atoms with Crippen LogP contribution in [0.5, 0.6) is 0 Å². The lowest BCUT2D eigenvalue weighted by Crippen LogP contribution is -2.15. The third kappa shape index (κ3) is 4.19. The minimum Gasteiger partial charge on any atom is -0.309 e. The largest absolute Gasteiger partial charge is 0.309 e.